The monoisotopic (exact) mass is 328 g/mol. The molecule has 0 N–H and O–H groups in total. The molecular weight excluding hydrogens is 292 g/mol. The molecule has 0 heterocycles. The molecule has 1 heteroatoms. The molecule has 5 unspecified atom stereocenters. The number of carbonyl (C=O) groups excluding carboxylic acids is 1. The van der Waals surface area contributed by atoms with Crippen molar-refractivity contribution in [3.05, 3.63) is 35.4 Å². The molecular formula is C23H36O. The summed E-state index contributed by atoms with van der Waals surface area (Å²) in [5.41, 5.74) is 4.02. The smallest absolute Gasteiger partial charge is 0.106 e. The highest BCUT2D eigenvalue weighted by Gasteiger charge is 2.53. The number of benzene rings is 1. The third kappa shape index (κ3) is 3.32. The van der Waals surface area contributed by atoms with Gasteiger partial charge in [0, 0.05) is 0 Å². The van der Waals surface area contributed by atoms with Crippen LogP contribution in [0.1, 0.15) is 83.3 Å². The second kappa shape index (κ2) is 8.32. The van der Waals surface area contributed by atoms with E-state index in [2.05, 4.69) is 52.0 Å². The van der Waals surface area contributed by atoms with Gasteiger partial charge >= 0.3 is 0 Å². The number of fused-ring (bicyclic) bond motifs is 5. The molecule has 3 aliphatic rings. The van der Waals surface area contributed by atoms with Gasteiger partial charge in [-0.15, -0.1) is 0 Å². The summed E-state index contributed by atoms with van der Waals surface area (Å²) >= 11 is 0. The average molecular weight is 329 g/mol. The van der Waals surface area contributed by atoms with E-state index in [1.54, 1.807) is 11.1 Å². The maximum absolute atomic E-state index is 8.00. The fraction of sp³-hybridized carbons (Fsp3) is 0.696. The Kier molecular flexibility index (Phi) is 6.66. The average Bonchev–Trinajstić information content (AvgIpc) is 2.92. The maximum Gasteiger partial charge on any atom is 0.106 e. The molecule has 1 aromatic rings. The predicted molar refractivity (Wildman–Crippen MR) is 103 cm³/mol. The summed E-state index contributed by atoms with van der Waals surface area (Å²) in [4.78, 5) is 8.00. The van der Waals surface area contributed by atoms with Gasteiger partial charge in [0.15, 0.2) is 0 Å². The van der Waals surface area contributed by atoms with Gasteiger partial charge in [0.2, 0.25) is 0 Å². The summed E-state index contributed by atoms with van der Waals surface area (Å²) in [7, 11) is 0. The van der Waals surface area contributed by atoms with Crippen LogP contribution in [-0.2, 0) is 11.2 Å². The molecule has 5 atom stereocenters. The van der Waals surface area contributed by atoms with Crippen LogP contribution >= 0.6 is 0 Å². The molecule has 2 saturated carbocycles. The third-order valence-corrected chi connectivity index (χ3v) is 7.11. The van der Waals surface area contributed by atoms with E-state index in [1.165, 1.54) is 44.9 Å². The Balaban J connectivity index is 0.000000378. The quantitative estimate of drug-likeness (QED) is 0.538. The molecule has 0 aliphatic heterocycles. The predicted octanol–water partition coefficient (Wildman–Crippen LogP) is 6.41. The van der Waals surface area contributed by atoms with Crippen LogP contribution in [0.25, 0.3) is 0 Å². The van der Waals surface area contributed by atoms with Crippen molar-refractivity contribution in [3.63, 3.8) is 0 Å². The number of rotatable bonds is 0. The van der Waals surface area contributed by atoms with Crippen LogP contribution in [-0.4, -0.2) is 6.79 Å². The molecule has 0 radical (unpaired) electrons. The summed E-state index contributed by atoms with van der Waals surface area (Å²) in [5, 5.41) is 0. The fourth-order valence-electron chi connectivity index (χ4n) is 5.78. The number of hydrogen-bond donors (Lipinski definition) is 0. The van der Waals surface area contributed by atoms with Crippen molar-refractivity contribution in [2.45, 2.75) is 78.6 Å². The van der Waals surface area contributed by atoms with Crippen molar-refractivity contribution in [2.24, 2.45) is 23.2 Å². The lowest BCUT2D eigenvalue weighted by Gasteiger charge is -2.50. The summed E-state index contributed by atoms with van der Waals surface area (Å²) in [6.45, 7) is 11.4. The second-order valence-corrected chi connectivity index (χ2v) is 8.34. The lowest BCUT2D eigenvalue weighted by molar-refractivity contribution is -0.0979. The molecule has 0 saturated heterocycles. The molecule has 0 spiro atoms. The SMILES string of the molecule is C=O.CC1CCC2C3CCc4ccccc4C3CCC12C.CCC. The molecule has 0 aromatic heterocycles. The molecule has 4 rings (SSSR count). The number of aryl methyl sites for hydroxylation is 1. The van der Waals surface area contributed by atoms with Crippen molar-refractivity contribution in [2.75, 3.05) is 0 Å². The second-order valence-electron chi connectivity index (χ2n) is 8.34. The largest absolute Gasteiger partial charge is 0.307 e. The first-order valence-electron chi connectivity index (χ1n) is 9.98. The topological polar surface area (TPSA) is 17.1 Å². The lowest BCUT2D eigenvalue weighted by atomic mass is 9.54. The van der Waals surface area contributed by atoms with Gasteiger partial charge in [-0.25, -0.2) is 0 Å². The van der Waals surface area contributed by atoms with E-state index in [1.807, 2.05) is 6.79 Å². The Morgan fingerprint density at radius 1 is 1.08 bits per heavy atom. The van der Waals surface area contributed by atoms with Gasteiger partial charge in [-0.05, 0) is 78.7 Å². The minimum Gasteiger partial charge on any atom is -0.307 e. The van der Waals surface area contributed by atoms with Crippen LogP contribution in [0.5, 0.6) is 0 Å². The van der Waals surface area contributed by atoms with Crippen LogP contribution in [0.15, 0.2) is 24.3 Å². The summed E-state index contributed by atoms with van der Waals surface area (Å²) in [6, 6.07) is 9.28. The zero-order valence-electron chi connectivity index (χ0n) is 16.2. The molecule has 1 nitrogen and oxygen atoms in total. The van der Waals surface area contributed by atoms with Gasteiger partial charge in [-0.3, -0.25) is 0 Å². The first-order chi connectivity index (χ1) is 11.6. The summed E-state index contributed by atoms with van der Waals surface area (Å²) in [5.74, 6) is 3.83. The van der Waals surface area contributed by atoms with Gasteiger partial charge in [0.25, 0.3) is 0 Å². The van der Waals surface area contributed by atoms with E-state index < -0.39 is 0 Å². The summed E-state index contributed by atoms with van der Waals surface area (Å²) in [6.07, 6.45) is 9.92. The molecule has 3 aliphatic carbocycles. The van der Waals surface area contributed by atoms with Crippen molar-refractivity contribution >= 4 is 6.79 Å². The first-order valence-corrected chi connectivity index (χ1v) is 9.98. The number of hydrogen-bond acceptors (Lipinski definition) is 1. The molecule has 24 heavy (non-hydrogen) atoms. The highest BCUT2D eigenvalue weighted by Crippen LogP contribution is 2.62. The van der Waals surface area contributed by atoms with Crippen molar-refractivity contribution in [3.8, 4) is 0 Å². The van der Waals surface area contributed by atoms with E-state index in [0.29, 0.717) is 5.41 Å². The van der Waals surface area contributed by atoms with Gasteiger partial charge in [-0.1, -0.05) is 58.4 Å². The first kappa shape index (κ1) is 19.2. The normalized spacial score (nSPS) is 36.0. The lowest BCUT2D eigenvalue weighted by Crippen LogP contribution is -2.41. The van der Waals surface area contributed by atoms with Crippen LogP contribution in [0, 0.1) is 23.2 Å². The van der Waals surface area contributed by atoms with E-state index in [9.17, 15) is 0 Å². The summed E-state index contributed by atoms with van der Waals surface area (Å²) < 4.78 is 0. The minimum absolute atomic E-state index is 0.660. The minimum atomic E-state index is 0.660. The maximum atomic E-state index is 8.00. The fourth-order valence-corrected chi connectivity index (χ4v) is 5.78. The number of carbonyl (C=O) groups is 1. The standard InChI is InChI=1S/C19H26.C3H8.CH2O/c1-13-7-10-18-17-9-8-14-5-3-4-6-15(14)16(17)11-12-19(13,18)2;1-3-2;1-2/h3-6,13,16-18H,7-12H2,1-2H3;3H2,1-2H3;1H2. The van der Waals surface area contributed by atoms with Crippen molar-refractivity contribution in [1.82, 2.24) is 0 Å². The van der Waals surface area contributed by atoms with Gasteiger partial charge in [-0.2, -0.15) is 0 Å². The third-order valence-electron chi connectivity index (χ3n) is 7.11. The zero-order chi connectivity index (χ0) is 17.7. The van der Waals surface area contributed by atoms with Gasteiger partial charge < -0.3 is 4.79 Å². The van der Waals surface area contributed by atoms with Crippen LogP contribution in [0.2, 0.25) is 0 Å². The molecule has 0 bridgehead atoms. The van der Waals surface area contributed by atoms with E-state index in [4.69, 9.17) is 4.79 Å². The Hall–Kier alpha value is -1.11. The van der Waals surface area contributed by atoms with Crippen LogP contribution in [0.3, 0.4) is 0 Å². The highest BCUT2D eigenvalue weighted by molar-refractivity contribution is 5.34. The van der Waals surface area contributed by atoms with E-state index in [-0.39, 0.29) is 0 Å². The molecule has 1 aromatic carbocycles. The Bertz CT molecular complexity index is 523. The van der Waals surface area contributed by atoms with Crippen molar-refractivity contribution in [1.29, 1.82) is 0 Å². The van der Waals surface area contributed by atoms with Gasteiger partial charge in [0.1, 0.15) is 6.79 Å². The van der Waals surface area contributed by atoms with Crippen LogP contribution in [0.4, 0.5) is 0 Å². The van der Waals surface area contributed by atoms with Gasteiger partial charge in [0.05, 0.1) is 0 Å². The van der Waals surface area contributed by atoms with E-state index >= 15 is 0 Å². The Labute approximate surface area is 149 Å². The van der Waals surface area contributed by atoms with Crippen LogP contribution < -0.4 is 0 Å². The zero-order valence-corrected chi connectivity index (χ0v) is 16.2. The highest BCUT2D eigenvalue weighted by atomic mass is 16.1. The Morgan fingerprint density at radius 2 is 1.75 bits per heavy atom. The molecule has 2 fully saturated rings. The van der Waals surface area contributed by atoms with Crippen molar-refractivity contribution < 1.29 is 4.79 Å². The van der Waals surface area contributed by atoms with E-state index in [0.717, 1.165) is 23.7 Å². The Morgan fingerprint density at radius 3 is 2.46 bits per heavy atom. The molecule has 134 valence electrons. The molecule has 0 amide bonds.